The number of carbonyl (C=O) groups is 1. The Balaban J connectivity index is 1.64. The van der Waals surface area contributed by atoms with Crippen LogP contribution in [0.15, 0.2) is 18.2 Å². The molecule has 0 bridgehead atoms. The summed E-state index contributed by atoms with van der Waals surface area (Å²) in [6.45, 7) is 3.97. The van der Waals surface area contributed by atoms with Gasteiger partial charge in [-0.1, -0.05) is 12.1 Å². The predicted octanol–water partition coefficient (Wildman–Crippen LogP) is 2.67. The minimum Gasteiger partial charge on any atom is -0.337 e. The number of halogens is 2. The van der Waals surface area contributed by atoms with Gasteiger partial charge < -0.3 is 4.90 Å². The van der Waals surface area contributed by atoms with Gasteiger partial charge in [0.2, 0.25) is 5.91 Å². The van der Waals surface area contributed by atoms with E-state index in [9.17, 15) is 13.6 Å². The van der Waals surface area contributed by atoms with Crippen molar-refractivity contribution < 1.29 is 13.6 Å². The summed E-state index contributed by atoms with van der Waals surface area (Å²) in [5.74, 6) is -0.188. The number of amides is 1. The quantitative estimate of drug-likeness (QED) is 0.857. The number of rotatable bonds is 3. The van der Waals surface area contributed by atoms with Crippen LogP contribution in [-0.4, -0.2) is 47.6 Å². The normalized spacial score (nSPS) is 26.7. The van der Waals surface area contributed by atoms with Gasteiger partial charge in [0.25, 0.3) is 0 Å². The summed E-state index contributed by atoms with van der Waals surface area (Å²) < 4.78 is 27.1. The predicted molar refractivity (Wildman–Crippen MR) is 80.7 cm³/mol. The number of alkyl halides is 1. The summed E-state index contributed by atoms with van der Waals surface area (Å²) in [4.78, 5) is 16.3. The van der Waals surface area contributed by atoms with Crippen LogP contribution in [0.1, 0.15) is 30.4 Å². The Hall–Kier alpha value is -1.49. The Morgan fingerprint density at radius 2 is 2.09 bits per heavy atom. The third-order valence-corrected chi connectivity index (χ3v) is 4.71. The van der Waals surface area contributed by atoms with Crippen molar-refractivity contribution in [2.45, 2.75) is 44.9 Å². The number of benzene rings is 1. The van der Waals surface area contributed by atoms with Gasteiger partial charge >= 0.3 is 0 Å². The van der Waals surface area contributed by atoms with E-state index in [0.29, 0.717) is 31.6 Å². The molecule has 0 spiro atoms. The molecule has 0 aromatic heterocycles. The fraction of sp³-hybridized carbons (Fsp3) is 0.588. The van der Waals surface area contributed by atoms with Gasteiger partial charge in [-0.3, -0.25) is 9.69 Å². The lowest BCUT2D eigenvalue weighted by molar-refractivity contribution is -0.133. The summed E-state index contributed by atoms with van der Waals surface area (Å²) in [7, 11) is 0. The van der Waals surface area contributed by atoms with Gasteiger partial charge in [-0.05, 0) is 49.9 Å². The van der Waals surface area contributed by atoms with Gasteiger partial charge in [-0.15, -0.1) is 0 Å². The van der Waals surface area contributed by atoms with E-state index in [1.54, 1.807) is 17.9 Å². The first kappa shape index (κ1) is 15.4. The number of carbonyl (C=O) groups excluding carboxylic acids is 1. The van der Waals surface area contributed by atoms with E-state index < -0.39 is 6.17 Å². The van der Waals surface area contributed by atoms with Crippen LogP contribution in [0, 0.1) is 12.7 Å². The van der Waals surface area contributed by atoms with Crippen molar-refractivity contribution in [3.8, 4) is 0 Å². The molecule has 2 saturated heterocycles. The van der Waals surface area contributed by atoms with Crippen LogP contribution >= 0.6 is 0 Å². The third-order valence-electron chi connectivity index (χ3n) is 4.71. The lowest BCUT2D eigenvalue weighted by Gasteiger charge is -2.32. The molecule has 3 rings (SSSR count). The largest absolute Gasteiger partial charge is 0.337 e. The van der Waals surface area contributed by atoms with Crippen LogP contribution in [0.5, 0.6) is 0 Å². The Bertz CT molecular complexity index is 564. The molecule has 2 fully saturated rings. The molecule has 1 amide bonds. The lowest BCUT2D eigenvalue weighted by Crippen LogP contribution is -2.47. The molecule has 22 heavy (non-hydrogen) atoms. The molecule has 0 aliphatic carbocycles. The van der Waals surface area contributed by atoms with Crippen LogP contribution in [0.25, 0.3) is 0 Å². The Morgan fingerprint density at radius 3 is 2.82 bits per heavy atom. The second-order valence-corrected chi connectivity index (χ2v) is 6.38. The maximum atomic E-state index is 13.6. The number of aryl methyl sites for hydroxylation is 1. The molecular formula is C17H22F2N2O. The molecule has 5 heteroatoms. The number of hydrogen-bond donors (Lipinski definition) is 0. The minimum atomic E-state index is -0.818. The van der Waals surface area contributed by atoms with Gasteiger partial charge in [-0.25, -0.2) is 8.78 Å². The fourth-order valence-electron chi connectivity index (χ4n) is 3.41. The summed E-state index contributed by atoms with van der Waals surface area (Å²) in [5, 5.41) is 0. The highest BCUT2D eigenvalue weighted by atomic mass is 19.1. The Kier molecular flexibility index (Phi) is 4.43. The van der Waals surface area contributed by atoms with E-state index in [2.05, 4.69) is 0 Å². The topological polar surface area (TPSA) is 23.6 Å². The first-order valence-corrected chi connectivity index (χ1v) is 7.96. The van der Waals surface area contributed by atoms with E-state index in [-0.39, 0.29) is 17.8 Å². The van der Waals surface area contributed by atoms with Crippen LogP contribution < -0.4 is 0 Å². The third kappa shape index (κ3) is 3.14. The molecule has 3 nitrogen and oxygen atoms in total. The van der Waals surface area contributed by atoms with Crippen molar-refractivity contribution in [3.63, 3.8) is 0 Å². The fourth-order valence-corrected chi connectivity index (χ4v) is 3.41. The zero-order chi connectivity index (χ0) is 15.7. The summed E-state index contributed by atoms with van der Waals surface area (Å²) in [6.07, 6.45) is 1.33. The molecule has 2 aliphatic rings. The molecule has 0 radical (unpaired) electrons. The van der Waals surface area contributed by atoms with E-state index in [1.807, 2.05) is 11.0 Å². The molecule has 2 atom stereocenters. The van der Waals surface area contributed by atoms with Gasteiger partial charge in [0.05, 0.1) is 6.04 Å². The molecule has 1 unspecified atom stereocenters. The number of likely N-dealkylation sites (tertiary alicyclic amines) is 2. The van der Waals surface area contributed by atoms with Gasteiger partial charge in [0, 0.05) is 19.6 Å². The highest BCUT2D eigenvalue weighted by molar-refractivity contribution is 5.84. The van der Waals surface area contributed by atoms with Gasteiger partial charge in [0.1, 0.15) is 12.0 Å². The lowest BCUT2D eigenvalue weighted by atomic mass is 10.1. The van der Waals surface area contributed by atoms with E-state index in [0.717, 1.165) is 24.9 Å². The average molecular weight is 308 g/mol. The van der Waals surface area contributed by atoms with Crippen molar-refractivity contribution in [3.05, 3.63) is 35.1 Å². The van der Waals surface area contributed by atoms with Gasteiger partial charge in [-0.2, -0.15) is 0 Å². The van der Waals surface area contributed by atoms with Crippen molar-refractivity contribution in [2.24, 2.45) is 0 Å². The first-order chi connectivity index (χ1) is 10.5. The Labute approximate surface area is 129 Å². The molecular weight excluding hydrogens is 286 g/mol. The molecule has 1 aromatic rings. The maximum absolute atomic E-state index is 13.6. The van der Waals surface area contributed by atoms with Crippen LogP contribution in [0.2, 0.25) is 0 Å². The smallest absolute Gasteiger partial charge is 0.240 e. The first-order valence-electron chi connectivity index (χ1n) is 7.96. The van der Waals surface area contributed by atoms with Crippen LogP contribution in [0.4, 0.5) is 8.78 Å². The van der Waals surface area contributed by atoms with Crippen molar-refractivity contribution in [2.75, 3.05) is 19.6 Å². The monoisotopic (exact) mass is 308 g/mol. The molecule has 120 valence electrons. The zero-order valence-electron chi connectivity index (χ0n) is 12.9. The second-order valence-electron chi connectivity index (χ2n) is 6.38. The van der Waals surface area contributed by atoms with Gasteiger partial charge in [0.15, 0.2) is 0 Å². The van der Waals surface area contributed by atoms with Crippen molar-refractivity contribution >= 4 is 5.91 Å². The maximum Gasteiger partial charge on any atom is 0.240 e. The van der Waals surface area contributed by atoms with E-state index in [4.69, 9.17) is 0 Å². The van der Waals surface area contributed by atoms with Crippen LogP contribution in [0.3, 0.4) is 0 Å². The zero-order valence-corrected chi connectivity index (χ0v) is 12.9. The SMILES string of the molecule is Cc1ccc(CN2CCC(N3CCC[C@@H](F)C3)C2=O)cc1F. The number of hydrogen-bond acceptors (Lipinski definition) is 2. The molecule has 2 aliphatic heterocycles. The van der Waals surface area contributed by atoms with Crippen LogP contribution in [-0.2, 0) is 11.3 Å². The Morgan fingerprint density at radius 1 is 1.27 bits per heavy atom. The number of piperidine rings is 1. The summed E-state index contributed by atoms with van der Waals surface area (Å²) in [6, 6.07) is 4.89. The summed E-state index contributed by atoms with van der Waals surface area (Å²) in [5.41, 5.74) is 1.41. The average Bonchev–Trinajstić information content (AvgIpc) is 2.84. The standard InChI is InChI=1S/C17H22F2N2O/c1-12-4-5-13(9-15(12)19)10-21-8-6-16(17(21)22)20-7-2-3-14(18)11-20/h4-5,9,14,16H,2-3,6-8,10-11H2,1H3/t14-,16?/m1/s1. The van der Waals surface area contributed by atoms with Crippen molar-refractivity contribution in [1.82, 2.24) is 9.80 Å². The minimum absolute atomic E-state index is 0.0510. The molecule has 2 heterocycles. The molecule has 1 aromatic carbocycles. The summed E-state index contributed by atoms with van der Waals surface area (Å²) >= 11 is 0. The number of nitrogens with zero attached hydrogens (tertiary/aromatic N) is 2. The highest BCUT2D eigenvalue weighted by Crippen LogP contribution is 2.24. The van der Waals surface area contributed by atoms with E-state index >= 15 is 0 Å². The molecule has 0 saturated carbocycles. The van der Waals surface area contributed by atoms with Crippen molar-refractivity contribution in [1.29, 1.82) is 0 Å². The van der Waals surface area contributed by atoms with E-state index in [1.165, 1.54) is 6.07 Å². The molecule has 0 N–H and O–H groups in total. The second kappa shape index (κ2) is 6.32. The highest BCUT2D eigenvalue weighted by Gasteiger charge is 2.37.